The molecule has 21 heavy (non-hydrogen) atoms. The first-order chi connectivity index (χ1) is 10.2. The number of rotatable bonds is 7. The fourth-order valence-corrected chi connectivity index (χ4v) is 3.01. The number of hydrogen-bond donors (Lipinski definition) is 0. The van der Waals surface area contributed by atoms with Gasteiger partial charge in [0.05, 0.1) is 5.69 Å². The van der Waals surface area contributed by atoms with E-state index in [1.165, 1.54) is 23.4 Å². The first-order valence-corrected chi connectivity index (χ1v) is 8.64. The Morgan fingerprint density at radius 2 is 1.90 bits per heavy atom. The summed E-state index contributed by atoms with van der Waals surface area (Å²) in [5.41, 5.74) is 3.63. The molecule has 1 atom stereocenters. The Bertz CT molecular complexity index is 563. The van der Waals surface area contributed by atoms with Crippen LogP contribution in [0.25, 0.3) is 0 Å². The van der Waals surface area contributed by atoms with E-state index in [0.29, 0.717) is 5.92 Å². The van der Waals surface area contributed by atoms with Crippen molar-refractivity contribution in [2.24, 2.45) is 5.92 Å². The summed E-state index contributed by atoms with van der Waals surface area (Å²) in [5.74, 6) is 0.313. The highest BCUT2D eigenvalue weighted by Gasteiger charge is 2.14. The molecule has 1 aromatic heterocycles. The van der Waals surface area contributed by atoms with Gasteiger partial charge in [-0.05, 0) is 55.9 Å². The maximum absolute atomic E-state index is 13.0. The molecule has 114 valence electrons. The van der Waals surface area contributed by atoms with Crippen molar-refractivity contribution in [2.75, 3.05) is 5.33 Å². The van der Waals surface area contributed by atoms with Crippen molar-refractivity contribution in [1.82, 2.24) is 9.78 Å². The molecule has 0 bridgehead atoms. The molecule has 0 aliphatic heterocycles. The molecule has 0 aliphatic rings. The van der Waals surface area contributed by atoms with Crippen molar-refractivity contribution < 1.29 is 4.39 Å². The molecular formula is C17H22BrFN2. The molecule has 1 heterocycles. The Kier molecular flexibility index (Phi) is 5.97. The van der Waals surface area contributed by atoms with E-state index in [1.807, 2.05) is 12.1 Å². The lowest BCUT2D eigenvalue weighted by Gasteiger charge is -2.15. The third-order valence-corrected chi connectivity index (χ3v) is 4.65. The van der Waals surface area contributed by atoms with Gasteiger partial charge in [0.25, 0.3) is 0 Å². The molecule has 0 aliphatic carbocycles. The van der Waals surface area contributed by atoms with Crippen LogP contribution in [0.2, 0.25) is 0 Å². The van der Waals surface area contributed by atoms with E-state index in [0.717, 1.165) is 36.8 Å². The zero-order valence-corrected chi connectivity index (χ0v) is 14.2. The smallest absolute Gasteiger partial charge is 0.123 e. The van der Waals surface area contributed by atoms with E-state index in [1.54, 1.807) is 0 Å². The van der Waals surface area contributed by atoms with Crippen LogP contribution in [0.15, 0.2) is 30.3 Å². The van der Waals surface area contributed by atoms with Crippen LogP contribution in [0.5, 0.6) is 0 Å². The maximum atomic E-state index is 13.0. The highest BCUT2D eigenvalue weighted by Crippen LogP contribution is 2.18. The Morgan fingerprint density at radius 3 is 2.48 bits per heavy atom. The summed E-state index contributed by atoms with van der Waals surface area (Å²) in [6.45, 7) is 5.16. The second kappa shape index (κ2) is 7.74. The number of alkyl halides is 1. The van der Waals surface area contributed by atoms with Crippen LogP contribution in [0.1, 0.15) is 30.8 Å². The van der Waals surface area contributed by atoms with Crippen LogP contribution >= 0.6 is 15.9 Å². The second-order valence-corrected chi connectivity index (χ2v) is 6.00. The summed E-state index contributed by atoms with van der Waals surface area (Å²) in [6.07, 6.45) is 2.91. The molecule has 0 amide bonds. The zero-order valence-electron chi connectivity index (χ0n) is 12.6. The monoisotopic (exact) mass is 352 g/mol. The first-order valence-electron chi connectivity index (χ1n) is 7.52. The van der Waals surface area contributed by atoms with E-state index >= 15 is 0 Å². The van der Waals surface area contributed by atoms with Gasteiger partial charge in [-0.15, -0.1) is 0 Å². The Morgan fingerprint density at radius 1 is 1.19 bits per heavy atom. The van der Waals surface area contributed by atoms with Gasteiger partial charge >= 0.3 is 0 Å². The number of halogens is 2. The molecule has 2 aromatic rings. The third-order valence-electron chi connectivity index (χ3n) is 3.73. The lowest BCUT2D eigenvalue weighted by atomic mass is 9.96. The van der Waals surface area contributed by atoms with Gasteiger partial charge in [0.1, 0.15) is 5.82 Å². The van der Waals surface area contributed by atoms with Gasteiger partial charge in [-0.2, -0.15) is 5.10 Å². The molecule has 4 heteroatoms. The minimum atomic E-state index is -0.175. The number of nitrogens with zero attached hydrogens (tertiary/aromatic N) is 2. The molecule has 1 unspecified atom stereocenters. The standard InChI is InChI=1S/C17H22BrFN2/c1-3-16-11-17(21(4-2)20-16)10-14(12-18)9-13-5-7-15(19)8-6-13/h5-8,11,14H,3-4,9-10,12H2,1-2H3. The van der Waals surface area contributed by atoms with Crippen LogP contribution in [0.4, 0.5) is 4.39 Å². The largest absolute Gasteiger partial charge is 0.270 e. The lowest BCUT2D eigenvalue weighted by Crippen LogP contribution is -2.13. The molecule has 2 rings (SSSR count). The predicted molar refractivity (Wildman–Crippen MR) is 88.4 cm³/mol. The third kappa shape index (κ3) is 4.40. The molecule has 0 N–H and O–H groups in total. The number of aromatic nitrogens is 2. The van der Waals surface area contributed by atoms with Gasteiger partial charge in [0, 0.05) is 17.6 Å². The highest BCUT2D eigenvalue weighted by atomic mass is 79.9. The van der Waals surface area contributed by atoms with Crippen molar-refractivity contribution in [3.8, 4) is 0 Å². The summed E-state index contributed by atoms with van der Waals surface area (Å²) in [5, 5.41) is 5.54. The Hall–Kier alpha value is -1.16. The van der Waals surface area contributed by atoms with Crippen molar-refractivity contribution in [2.45, 2.75) is 39.7 Å². The van der Waals surface area contributed by atoms with Gasteiger partial charge < -0.3 is 0 Å². The average molecular weight is 353 g/mol. The second-order valence-electron chi connectivity index (χ2n) is 5.35. The van der Waals surface area contributed by atoms with Gasteiger partial charge in [-0.25, -0.2) is 4.39 Å². The molecule has 0 fully saturated rings. The Labute approximate surface area is 134 Å². The van der Waals surface area contributed by atoms with Crippen LogP contribution in [-0.4, -0.2) is 15.1 Å². The van der Waals surface area contributed by atoms with Gasteiger partial charge in [0.15, 0.2) is 0 Å². The van der Waals surface area contributed by atoms with Gasteiger partial charge in [0.2, 0.25) is 0 Å². The van der Waals surface area contributed by atoms with E-state index in [9.17, 15) is 4.39 Å². The van der Waals surface area contributed by atoms with E-state index in [4.69, 9.17) is 0 Å². The maximum Gasteiger partial charge on any atom is 0.123 e. The molecule has 0 spiro atoms. The fraction of sp³-hybridized carbons (Fsp3) is 0.471. The van der Waals surface area contributed by atoms with Crippen LogP contribution < -0.4 is 0 Å². The molecule has 2 nitrogen and oxygen atoms in total. The molecular weight excluding hydrogens is 331 g/mol. The summed E-state index contributed by atoms with van der Waals surface area (Å²) in [4.78, 5) is 0. The number of hydrogen-bond acceptors (Lipinski definition) is 1. The van der Waals surface area contributed by atoms with Crippen LogP contribution in [-0.2, 0) is 25.8 Å². The average Bonchev–Trinajstić information content (AvgIpc) is 2.91. The highest BCUT2D eigenvalue weighted by molar-refractivity contribution is 9.09. The minimum absolute atomic E-state index is 0.175. The lowest BCUT2D eigenvalue weighted by molar-refractivity contribution is 0.534. The topological polar surface area (TPSA) is 17.8 Å². The van der Waals surface area contributed by atoms with Gasteiger partial charge in [-0.3, -0.25) is 4.68 Å². The van der Waals surface area contributed by atoms with Crippen molar-refractivity contribution in [3.63, 3.8) is 0 Å². The van der Waals surface area contributed by atoms with Crippen molar-refractivity contribution in [1.29, 1.82) is 0 Å². The predicted octanol–water partition coefficient (Wildman–Crippen LogP) is 4.40. The quantitative estimate of drug-likeness (QED) is 0.675. The number of benzene rings is 1. The summed E-state index contributed by atoms with van der Waals surface area (Å²) in [6, 6.07) is 9.03. The van der Waals surface area contributed by atoms with E-state index in [-0.39, 0.29) is 5.82 Å². The molecule has 0 saturated heterocycles. The summed E-state index contributed by atoms with van der Waals surface area (Å²) < 4.78 is 15.1. The SMILES string of the molecule is CCc1cc(CC(CBr)Cc2ccc(F)cc2)n(CC)n1. The molecule has 0 saturated carbocycles. The van der Waals surface area contributed by atoms with Gasteiger partial charge in [-0.1, -0.05) is 35.0 Å². The van der Waals surface area contributed by atoms with E-state index < -0.39 is 0 Å². The fourth-order valence-electron chi connectivity index (χ4n) is 2.56. The zero-order chi connectivity index (χ0) is 15.2. The number of aryl methyl sites for hydroxylation is 2. The molecule has 1 aromatic carbocycles. The van der Waals surface area contributed by atoms with Crippen LogP contribution in [0, 0.1) is 11.7 Å². The van der Waals surface area contributed by atoms with Crippen molar-refractivity contribution >= 4 is 15.9 Å². The first kappa shape index (κ1) is 16.2. The summed E-state index contributed by atoms with van der Waals surface area (Å²) >= 11 is 3.61. The van der Waals surface area contributed by atoms with E-state index in [2.05, 4.69) is 45.6 Å². The normalized spacial score (nSPS) is 12.6. The summed E-state index contributed by atoms with van der Waals surface area (Å²) in [7, 11) is 0. The van der Waals surface area contributed by atoms with Crippen molar-refractivity contribution in [3.05, 3.63) is 53.1 Å². The Balaban J connectivity index is 2.08. The van der Waals surface area contributed by atoms with Crippen LogP contribution in [0.3, 0.4) is 0 Å². The molecule has 0 radical (unpaired) electrons. The minimum Gasteiger partial charge on any atom is -0.270 e.